The number of nitrogens with one attached hydrogen (secondary N) is 1. The van der Waals surface area contributed by atoms with Crippen LogP contribution in [0, 0.1) is 6.92 Å². The summed E-state index contributed by atoms with van der Waals surface area (Å²) in [5.41, 5.74) is 2.15. The predicted octanol–water partition coefficient (Wildman–Crippen LogP) is 2.79. The molecule has 1 N–H and O–H groups in total. The van der Waals surface area contributed by atoms with Gasteiger partial charge in [-0.3, -0.25) is 14.6 Å². The molecule has 0 spiro atoms. The van der Waals surface area contributed by atoms with Crippen molar-refractivity contribution in [3.63, 3.8) is 0 Å². The van der Waals surface area contributed by atoms with E-state index in [2.05, 4.69) is 15.2 Å². The Morgan fingerprint density at radius 3 is 2.04 bits per heavy atom. The number of hydrogen-bond acceptors (Lipinski definition) is 5. The Morgan fingerprint density at radius 2 is 1.52 bits per heavy atom. The molecule has 0 atom stereocenters. The second-order valence-electron chi connectivity index (χ2n) is 6.05. The minimum atomic E-state index is -0.287. The Hall–Kier alpha value is -2.93. The summed E-state index contributed by atoms with van der Waals surface area (Å²) in [7, 11) is 0. The number of aromatic amines is 1. The lowest BCUT2D eigenvalue weighted by atomic mass is 10.1. The number of carbonyl (C=O) groups is 1. The number of benzene rings is 2. The SMILES string of the molecule is Cc1nnc(SCC(=O)N(Cc2ccccc2)Cc2ccccc2)[nH]c1=O. The van der Waals surface area contributed by atoms with Crippen molar-refractivity contribution in [3.8, 4) is 0 Å². The summed E-state index contributed by atoms with van der Waals surface area (Å²) >= 11 is 1.18. The fraction of sp³-hybridized carbons (Fsp3) is 0.200. The highest BCUT2D eigenvalue weighted by Gasteiger charge is 2.16. The predicted molar refractivity (Wildman–Crippen MR) is 105 cm³/mol. The van der Waals surface area contributed by atoms with Crippen LogP contribution in [0.25, 0.3) is 0 Å². The molecule has 1 aromatic heterocycles. The van der Waals surface area contributed by atoms with Crippen LogP contribution in [0.4, 0.5) is 0 Å². The van der Waals surface area contributed by atoms with Crippen LogP contribution in [0.2, 0.25) is 0 Å². The molecule has 3 aromatic rings. The summed E-state index contributed by atoms with van der Waals surface area (Å²) in [6.45, 7) is 2.63. The Kier molecular flexibility index (Phi) is 6.38. The van der Waals surface area contributed by atoms with Gasteiger partial charge in [-0.05, 0) is 18.1 Å². The third-order valence-electron chi connectivity index (χ3n) is 3.96. The molecule has 0 unspecified atom stereocenters. The number of nitrogens with zero attached hydrogens (tertiary/aromatic N) is 3. The molecule has 7 heteroatoms. The number of carbonyl (C=O) groups excluding carboxylic acids is 1. The number of aryl methyl sites for hydroxylation is 1. The van der Waals surface area contributed by atoms with Gasteiger partial charge in [0, 0.05) is 13.1 Å². The number of H-pyrrole nitrogens is 1. The van der Waals surface area contributed by atoms with Crippen LogP contribution in [-0.2, 0) is 17.9 Å². The molecule has 0 aliphatic carbocycles. The van der Waals surface area contributed by atoms with Crippen LogP contribution in [0.3, 0.4) is 0 Å². The van der Waals surface area contributed by atoms with Gasteiger partial charge in [0.1, 0.15) is 5.69 Å². The van der Waals surface area contributed by atoms with Crippen LogP contribution < -0.4 is 5.56 Å². The molecule has 1 amide bonds. The molecule has 138 valence electrons. The maximum absolute atomic E-state index is 12.8. The van der Waals surface area contributed by atoms with Crippen molar-refractivity contribution < 1.29 is 4.79 Å². The van der Waals surface area contributed by atoms with E-state index in [1.807, 2.05) is 60.7 Å². The zero-order chi connectivity index (χ0) is 19.1. The van der Waals surface area contributed by atoms with Crippen molar-refractivity contribution >= 4 is 17.7 Å². The first kappa shape index (κ1) is 18.8. The topological polar surface area (TPSA) is 79.0 Å². The molecular formula is C20H20N4O2S. The Morgan fingerprint density at radius 1 is 0.963 bits per heavy atom. The quantitative estimate of drug-likeness (QED) is 0.638. The third kappa shape index (κ3) is 5.52. The minimum Gasteiger partial charge on any atom is -0.333 e. The molecule has 2 aromatic carbocycles. The standard InChI is InChI=1S/C20H20N4O2S/c1-15-19(26)21-20(23-22-15)27-14-18(25)24(12-16-8-4-2-5-9-16)13-17-10-6-3-7-11-17/h2-11H,12-14H2,1H3,(H,21,23,26). The summed E-state index contributed by atoms with van der Waals surface area (Å²) in [6, 6.07) is 19.8. The van der Waals surface area contributed by atoms with Gasteiger partial charge in [-0.1, -0.05) is 72.4 Å². The maximum atomic E-state index is 12.8. The fourth-order valence-electron chi connectivity index (χ4n) is 2.50. The Bertz CT molecular complexity index is 903. The summed E-state index contributed by atoms with van der Waals surface area (Å²) in [4.78, 5) is 28.9. The molecule has 27 heavy (non-hydrogen) atoms. The highest BCUT2D eigenvalue weighted by molar-refractivity contribution is 7.99. The molecule has 0 bridgehead atoms. The van der Waals surface area contributed by atoms with E-state index in [-0.39, 0.29) is 17.2 Å². The number of amides is 1. The van der Waals surface area contributed by atoms with Crippen molar-refractivity contribution in [1.29, 1.82) is 0 Å². The normalized spacial score (nSPS) is 10.6. The van der Waals surface area contributed by atoms with Crippen LogP contribution in [0.5, 0.6) is 0 Å². The summed E-state index contributed by atoms with van der Waals surface area (Å²) < 4.78 is 0. The minimum absolute atomic E-state index is 0.0315. The number of hydrogen-bond donors (Lipinski definition) is 1. The van der Waals surface area contributed by atoms with Crippen molar-refractivity contribution in [3.05, 3.63) is 87.8 Å². The molecule has 3 rings (SSSR count). The molecule has 1 heterocycles. The first-order valence-electron chi connectivity index (χ1n) is 8.54. The smallest absolute Gasteiger partial charge is 0.273 e. The van der Waals surface area contributed by atoms with Crippen molar-refractivity contribution in [2.24, 2.45) is 0 Å². The average Bonchev–Trinajstić information content (AvgIpc) is 2.70. The average molecular weight is 380 g/mol. The summed E-state index contributed by atoms with van der Waals surface area (Å²) in [5.74, 6) is 0.142. The Balaban J connectivity index is 1.71. The zero-order valence-corrected chi connectivity index (χ0v) is 15.8. The molecule has 0 aliphatic heterocycles. The monoisotopic (exact) mass is 380 g/mol. The lowest BCUT2D eigenvalue weighted by molar-refractivity contribution is -0.129. The van der Waals surface area contributed by atoms with Crippen molar-refractivity contribution in [1.82, 2.24) is 20.1 Å². The van der Waals surface area contributed by atoms with Gasteiger partial charge in [0.15, 0.2) is 5.16 Å². The number of aromatic nitrogens is 3. The van der Waals surface area contributed by atoms with Gasteiger partial charge in [-0.15, -0.1) is 10.2 Å². The van der Waals surface area contributed by atoms with Gasteiger partial charge in [-0.2, -0.15) is 0 Å². The van der Waals surface area contributed by atoms with Gasteiger partial charge in [0.05, 0.1) is 5.75 Å². The number of rotatable bonds is 7. The molecular weight excluding hydrogens is 360 g/mol. The molecule has 0 fully saturated rings. The first-order valence-corrected chi connectivity index (χ1v) is 9.52. The molecule has 6 nitrogen and oxygen atoms in total. The zero-order valence-electron chi connectivity index (χ0n) is 15.0. The van der Waals surface area contributed by atoms with E-state index >= 15 is 0 Å². The summed E-state index contributed by atoms with van der Waals surface area (Å²) in [6.07, 6.45) is 0. The van der Waals surface area contributed by atoms with Gasteiger partial charge < -0.3 is 4.90 Å². The van der Waals surface area contributed by atoms with Crippen LogP contribution >= 0.6 is 11.8 Å². The van der Waals surface area contributed by atoms with E-state index in [4.69, 9.17) is 0 Å². The molecule has 0 saturated carbocycles. The molecule has 0 saturated heterocycles. The van der Waals surface area contributed by atoms with E-state index in [1.165, 1.54) is 11.8 Å². The highest BCUT2D eigenvalue weighted by Crippen LogP contribution is 2.15. The number of thioether (sulfide) groups is 1. The lowest BCUT2D eigenvalue weighted by Gasteiger charge is -2.23. The lowest BCUT2D eigenvalue weighted by Crippen LogP contribution is -2.31. The van der Waals surface area contributed by atoms with Gasteiger partial charge in [0.25, 0.3) is 5.56 Å². The molecule has 0 radical (unpaired) electrons. The van der Waals surface area contributed by atoms with E-state index in [0.29, 0.717) is 23.9 Å². The van der Waals surface area contributed by atoms with E-state index in [9.17, 15) is 9.59 Å². The van der Waals surface area contributed by atoms with E-state index in [0.717, 1.165) is 11.1 Å². The van der Waals surface area contributed by atoms with E-state index < -0.39 is 0 Å². The second-order valence-corrected chi connectivity index (χ2v) is 7.02. The largest absolute Gasteiger partial charge is 0.333 e. The van der Waals surface area contributed by atoms with Crippen molar-refractivity contribution in [2.45, 2.75) is 25.2 Å². The maximum Gasteiger partial charge on any atom is 0.273 e. The fourth-order valence-corrected chi connectivity index (χ4v) is 3.21. The second kappa shape index (κ2) is 9.14. The van der Waals surface area contributed by atoms with Gasteiger partial charge in [0.2, 0.25) is 5.91 Å². The van der Waals surface area contributed by atoms with Crippen molar-refractivity contribution in [2.75, 3.05) is 5.75 Å². The summed E-state index contributed by atoms with van der Waals surface area (Å²) in [5, 5.41) is 8.07. The van der Waals surface area contributed by atoms with Crippen LogP contribution in [0.1, 0.15) is 16.8 Å². The highest BCUT2D eigenvalue weighted by atomic mass is 32.2. The van der Waals surface area contributed by atoms with E-state index in [1.54, 1.807) is 11.8 Å². The van der Waals surface area contributed by atoms with Gasteiger partial charge in [-0.25, -0.2) is 0 Å². The third-order valence-corrected chi connectivity index (χ3v) is 4.81. The molecule has 0 aliphatic rings. The van der Waals surface area contributed by atoms with Crippen LogP contribution in [0.15, 0.2) is 70.6 Å². The van der Waals surface area contributed by atoms with Gasteiger partial charge >= 0.3 is 0 Å². The van der Waals surface area contributed by atoms with Crippen LogP contribution in [-0.4, -0.2) is 31.7 Å². The first-order chi connectivity index (χ1) is 13.1. The Labute approximate surface area is 161 Å².